The van der Waals surface area contributed by atoms with Crippen LogP contribution in [0.1, 0.15) is 74.4 Å². The predicted octanol–water partition coefficient (Wildman–Crippen LogP) is 8.19. The summed E-state index contributed by atoms with van der Waals surface area (Å²) in [6.45, 7) is 5.60. The van der Waals surface area contributed by atoms with Gasteiger partial charge in [-0.25, -0.2) is 4.98 Å². The van der Waals surface area contributed by atoms with Crippen molar-refractivity contribution in [1.29, 1.82) is 0 Å². The van der Waals surface area contributed by atoms with Crippen LogP contribution in [0.5, 0.6) is 0 Å². The summed E-state index contributed by atoms with van der Waals surface area (Å²) in [5, 5.41) is 0. The molecule has 4 aromatic rings. The van der Waals surface area contributed by atoms with Crippen molar-refractivity contribution in [2.75, 3.05) is 0 Å². The monoisotopic (exact) mass is 450 g/mol. The molecule has 0 fully saturated rings. The van der Waals surface area contributed by atoms with Crippen LogP contribution < -0.4 is 0 Å². The molecule has 3 aromatic carbocycles. The van der Waals surface area contributed by atoms with Gasteiger partial charge in [0.15, 0.2) is 0 Å². The first-order chi connectivity index (χ1) is 16.7. The van der Waals surface area contributed by atoms with Crippen molar-refractivity contribution < 1.29 is 0 Å². The van der Waals surface area contributed by atoms with E-state index in [1.165, 1.54) is 48.2 Å². The zero-order chi connectivity index (χ0) is 23.6. The molecule has 2 heteroatoms. The highest BCUT2D eigenvalue weighted by Crippen LogP contribution is 2.44. The minimum absolute atomic E-state index is 0.0609. The molecule has 0 saturated carbocycles. The quantitative estimate of drug-likeness (QED) is 0.199. The molecular weight excluding hydrogens is 412 g/mol. The van der Waals surface area contributed by atoms with Crippen LogP contribution >= 0.6 is 0 Å². The van der Waals surface area contributed by atoms with Crippen LogP contribution in [0.25, 0.3) is 0 Å². The van der Waals surface area contributed by atoms with E-state index in [1.54, 1.807) is 0 Å². The van der Waals surface area contributed by atoms with Gasteiger partial charge in [-0.3, -0.25) is 0 Å². The summed E-state index contributed by atoms with van der Waals surface area (Å²) in [5.41, 5.74) is 4.03. The Kier molecular flexibility index (Phi) is 8.36. The molecule has 0 N–H and O–H groups in total. The SMILES string of the molecule is CCCCCCC(c1nccn1Cc1ccccc1)C(C)(Cc1ccccc1)c1ccccc1. The number of aromatic nitrogens is 2. The third-order valence-electron chi connectivity index (χ3n) is 7.22. The number of hydrogen-bond acceptors (Lipinski definition) is 1. The summed E-state index contributed by atoms with van der Waals surface area (Å²) >= 11 is 0. The van der Waals surface area contributed by atoms with Gasteiger partial charge in [-0.2, -0.15) is 0 Å². The van der Waals surface area contributed by atoms with Gasteiger partial charge in [-0.15, -0.1) is 0 Å². The fraction of sp³-hybridized carbons (Fsp3) is 0.344. The first-order valence-electron chi connectivity index (χ1n) is 12.8. The summed E-state index contributed by atoms with van der Waals surface area (Å²) < 4.78 is 2.38. The van der Waals surface area contributed by atoms with Crippen LogP contribution in [0.2, 0.25) is 0 Å². The molecule has 0 aliphatic carbocycles. The lowest BCUT2D eigenvalue weighted by molar-refractivity contribution is 0.324. The molecule has 1 heterocycles. The van der Waals surface area contributed by atoms with E-state index in [4.69, 9.17) is 4.98 Å². The molecule has 2 atom stereocenters. The largest absolute Gasteiger partial charge is 0.330 e. The number of imidazole rings is 1. The Hall–Kier alpha value is -3.13. The molecule has 4 rings (SSSR count). The Morgan fingerprint density at radius 3 is 2.03 bits per heavy atom. The summed E-state index contributed by atoms with van der Waals surface area (Å²) in [7, 11) is 0. The van der Waals surface area contributed by atoms with Crippen LogP contribution in [0.4, 0.5) is 0 Å². The van der Waals surface area contributed by atoms with Gasteiger partial charge in [0.1, 0.15) is 5.82 Å². The molecule has 0 bridgehead atoms. The Bertz CT molecular complexity index is 1100. The smallest absolute Gasteiger partial charge is 0.112 e. The standard InChI is InChI=1S/C32H38N2/c1-3-4-5-15-22-30(31-33-23-24-34(31)26-28-18-11-7-12-19-28)32(2,29-20-13-8-14-21-29)25-27-16-9-6-10-17-27/h6-14,16-21,23-24,30H,3-5,15,22,25-26H2,1-2H3. The maximum absolute atomic E-state index is 5.01. The zero-order valence-electron chi connectivity index (χ0n) is 20.7. The van der Waals surface area contributed by atoms with E-state index < -0.39 is 0 Å². The van der Waals surface area contributed by atoms with Gasteiger partial charge in [-0.1, -0.05) is 131 Å². The minimum Gasteiger partial charge on any atom is -0.330 e. The molecule has 1 aromatic heterocycles. The predicted molar refractivity (Wildman–Crippen MR) is 143 cm³/mol. The van der Waals surface area contributed by atoms with Crippen molar-refractivity contribution in [2.24, 2.45) is 0 Å². The molecule has 0 saturated heterocycles. The van der Waals surface area contributed by atoms with E-state index in [0.717, 1.165) is 19.4 Å². The van der Waals surface area contributed by atoms with Crippen LogP contribution in [0, 0.1) is 0 Å². The summed E-state index contributed by atoms with van der Waals surface area (Å²) in [5.74, 6) is 1.54. The highest BCUT2D eigenvalue weighted by molar-refractivity contribution is 5.33. The lowest BCUT2D eigenvalue weighted by Gasteiger charge is -2.39. The first kappa shape index (κ1) is 24.0. The summed E-state index contributed by atoms with van der Waals surface area (Å²) in [4.78, 5) is 5.01. The maximum Gasteiger partial charge on any atom is 0.112 e. The molecule has 34 heavy (non-hydrogen) atoms. The topological polar surface area (TPSA) is 17.8 Å². The molecular formula is C32H38N2. The number of nitrogens with zero attached hydrogens (tertiary/aromatic N) is 2. The van der Waals surface area contributed by atoms with E-state index in [1.807, 2.05) is 6.20 Å². The fourth-order valence-electron chi connectivity index (χ4n) is 5.32. The number of rotatable bonds is 12. The second-order valence-corrected chi connectivity index (χ2v) is 9.75. The average Bonchev–Trinajstić information content (AvgIpc) is 3.33. The van der Waals surface area contributed by atoms with E-state index >= 15 is 0 Å². The second kappa shape index (κ2) is 11.8. The van der Waals surface area contributed by atoms with Crippen molar-refractivity contribution in [2.45, 2.75) is 70.3 Å². The zero-order valence-corrected chi connectivity index (χ0v) is 20.7. The van der Waals surface area contributed by atoms with E-state index in [-0.39, 0.29) is 5.41 Å². The lowest BCUT2D eigenvalue weighted by atomic mass is 9.66. The van der Waals surface area contributed by atoms with Crippen molar-refractivity contribution >= 4 is 0 Å². The summed E-state index contributed by atoms with van der Waals surface area (Å²) in [6, 6.07) is 32.8. The van der Waals surface area contributed by atoms with Crippen LogP contribution in [-0.2, 0) is 18.4 Å². The molecule has 0 aliphatic rings. The third-order valence-corrected chi connectivity index (χ3v) is 7.22. The van der Waals surface area contributed by atoms with Gasteiger partial charge in [-0.05, 0) is 29.5 Å². The molecule has 2 nitrogen and oxygen atoms in total. The number of benzene rings is 3. The van der Waals surface area contributed by atoms with Gasteiger partial charge in [0.05, 0.1) is 0 Å². The molecule has 0 spiro atoms. The highest BCUT2D eigenvalue weighted by Gasteiger charge is 2.39. The molecule has 2 unspecified atom stereocenters. The van der Waals surface area contributed by atoms with Gasteiger partial charge >= 0.3 is 0 Å². The van der Waals surface area contributed by atoms with Gasteiger partial charge in [0.2, 0.25) is 0 Å². The van der Waals surface area contributed by atoms with Gasteiger partial charge < -0.3 is 4.57 Å². The summed E-state index contributed by atoms with van der Waals surface area (Å²) in [6.07, 6.45) is 11.4. The average molecular weight is 451 g/mol. The Morgan fingerprint density at radius 1 is 0.765 bits per heavy atom. The van der Waals surface area contributed by atoms with E-state index in [2.05, 4.69) is 116 Å². The Balaban J connectivity index is 1.75. The van der Waals surface area contributed by atoms with Gasteiger partial charge in [0, 0.05) is 30.3 Å². The molecule has 176 valence electrons. The molecule has 0 aliphatic heterocycles. The van der Waals surface area contributed by atoms with E-state index in [9.17, 15) is 0 Å². The van der Waals surface area contributed by atoms with Crippen molar-refractivity contribution in [3.8, 4) is 0 Å². The van der Waals surface area contributed by atoms with Crippen molar-refractivity contribution in [3.63, 3.8) is 0 Å². The van der Waals surface area contributed by atoms with Crippen LogP contribution in [0.3, 0.4) is 0 Å². The van der Waals surface area contributed by atoms with E-state index in [0.29, 0.717) is 5.92 Å². The van der Waals surface area contributed by atoms with Crippen molar-refractivity contribution in [1.82, 2.24) is 9.55 Å². The number of unbranched alkanes of at least 4 members (excludes halogenated alkanes) is 3. The van der Waals surface area contributed by atoms with Crippen LogP contribution in [0.15, 0.2) is 103 Å². The molecule has 0 radical (unpaired) electrons. The Morgan fingerprint density at radius 2 is 1.38 bits per heavy atom. The fourth-order valence-corrected chi connectivity index (χ4v) is 5.32. The first-order valence-corrected chi connectivity index (χ1v) is 12.8. The lowest BCUT2D eigenvalue weighted by Crippen LogP contribution is -2.35. The Labute approximate surface area is 205 Å². The normalized spacial score (nSPS) is 13.9. The highest BCUT2D eigenvalue weighted by atomic mass is 15.1. The molecule has 0 amide bonds. The van der Waals surface area contributed by atoms with Crippen LogP contribution in [-0.4, -0.2) is 9.55 Å². The maximum atomic E-state index is 5.01. The minimum atomic E-state index is -0.0609. The van der Waals surface area contributed by atoms with Crippen molar-refractivity contribution in [3.05, 3.63) is 126 Å². The third kappa shape index (κ3) is 5.86. The van der Waals surface area contributed by atoms with Gasteiger partial charge in [0.25, 0.3) is 0 Å². The second-order valence-electron chi connectivity index (χ2n) is 9.75. The number of hydrogen-bond donors (Lipinski definition) is 0.